The molecule has 2 amide bonds. The number of methoxy groups -OCH3 is 1. The van der Waals surface area contributed by atoms with Gasteiger partial charge in [-0.15, -0.1) is 0 Å². The maximum Gasteiger partial charge on any atom is 0.329 e. The first kappa shape index (κ1) is 25.0. The summed E-state index contributed by atoms with van der Waals surface area (Å²) in [5.74, 6) is -0.615. The van der Waals surface area contributed by atoms with Crippen LogP contribution in [0, 0.1) is 20.8 Å². The van der Waals surface area contributed by atoms with Crippen LogP contribution in [0.25, 0.3) is 0 Å². The molecular formula is C26H26BrN3O4. The van der Waals surface area contributed by atoms with Crippen molar-refractivity contribution in [3.63, 3.8) is 0 Å². The molecule has 0 bridgehead atoms. The van der Waals surface area contributed by atoms with Gasteiger partial charge in [0, 0.05) is 5.69 Å². The summed E-state index contributed by atoms with van der Waals surface area (Å²) in [6, 6.07) is 17.2. The third-order valence-electron chi connectivity index (χ3n) is 5.06. The Morgan fingerprint density at radius 3 is 2.32 bits per heavy atom. The van der Waals surface area contributed by atoms with Gasteiger partial charge in [-0.1, -0.05) is 48.0 Å². The Kier molecular flexibility index (Phi) is 8.43. The topological polar surface area (TPSA) is 89.0 Å². The van der Waals surface area contributed by atoms with Gasteiger partial charge < -0.3 is 14.8 Å². The monoisotopic (exact) mass is 523 g/mol. The fraction of sp³-hybridized carbons (Fsp3) is 0.192. The SMILES string of the molecule is COc1cc(C=NNC(=O)C(=O)Nc2c(C)cccc2C)cc(Br)c1OCc1ccc(C)cc1. The number of hydrazone groups is 1. The lowest BCUT2D eigenvalue weighted by molar-refractivity contribution is -0.136. The van der Waals surface area contributed by atoms with Gasteiger partial charge in [0.2, 0.25) is 0 Å². The Morgan fingerprint density at radius 2 is 1.68 bits per heavy atom. The summed E-state index contributed by atoms with van der Waals surface area (Å²) in [6.07, 6.45) is 1.42. The van der Waals surface area contributed by atoms with Crippen LogP contribution in [0.1, 0.15) is 27.8 Å². The van der Waals surface area contributed by atoms with Gasteiger partial charge in [0.05, 0.1) is 17.8 Å². The van der Waals surface area contributed by atoms with Crippen molar-refractivity contribution >= 4 is 39.6 Å². The summed E-state index contributed by atoms with van der Waals surface area (Å²) in [5, 5.41) is 6.52. The third-order valence-corrected chi connectivity index (χ3v) is 5.65. The largest absolute Gasteiger partial charge is 0.493 e. The fourth-order valence-corrected chi connectivity index (χ4v) is 3.77. The molecule has 0 saturated carbocycles. The second kappa shape index (κ2) is 11.5. The number of aryl methyl sites for hydroxylation is 3. The molecular weight excluding hydrogens is 498 g/mol. The number of hydrogen-bond donors (Lipinski definition) is 2. The Bertz CT molecular complexity index is 1200. The maximum absolute atomic E-state index is 12.2. The number of benzene rings is 3. The van der Waals surface area contributed by atoms with E-state index in [1.807, 2.05) is 63.2 Å². The average molecular weight is 524 g/mol. The van der Waals surface area contributed by atoms with E-state index in [2.05, 4.69) is 31.8 Å². The lowest BCUT2D eigenvalue weighted by atomic mass is 10.1. The lowest BCUT2D eigenvalue weighted by Crippen LogP contribution is -2.32. The minimum absolute atomic E-state index is 0.383. The predicted octanol–water partition coefficient (Wildman–Crippen LogP) is 5.05. The van der Waals surface area contributed by atoms with E-state index < -0.39 is 11.8 Å². The third kappa shape index (κ3) is 6.45. The summed E-state index contributed by atoms with van der Waals surface area (Å²) >= 11 is 3.50. The number of nitrogens with one attached hydrogen (secondary N) is 2. The molecule has 2 N–H and O–H groups in total. The van der Waals surface area contributed by atoms with Gasteiger partial charge in [-0.3, -0.25) is 9.59 Å². The van der Waals surface area contributed by atoms with Crippen molar-refractivity contribution in [1.29, 1.82) is 0 Å². The summed E-state index contributed by atoms with van der Waals surface area (Å²) in [6.45, 7) is 6.13. The average Bonchev–Trinajstić information content (AvgIpc) is 2.81. The number of halogens is 1. The summed E-state index contributed by atoms with van der Waals surface area (Å²) in [7, 11) is 1.54. The van der Waals surface area contributed by atoms with E-state index >= 15 is 0 Å². The van der Waals surface area contributed by atoms with Crippen LogP contribution in [0.5, 0.6) is 11.5 Å². The van der Waals surface area contributed by atoms with Crippen LogP contribution in [0.3, 0.4) is 0 Å². The second-order valence-electron chi connectivity index (χ2n) is 7.73. The number of hydrogen-bond acceptors (Lipinski definition) is 5. The van der Waals surface area contributed by atoms with Crippen LogP contribution in [0.15, 0.2) is 64.2 Å². The number of amides is 2. The molecule has 0 aliphatic carbocycles. The molecule has 0 fully saturated rings. The Hall–Kier alpha value is -3.65. The van der Waals surface area contributed by atoms with Crippen LogP contribution in [-0.4, -0.2) is 25.1 Å². The zero-order valence-corrected chi connectivity index (χ0v) is 21.0. The van der Waals surface area contributed by atoms with Gasteiger partial charge in [0.15, 0.2) is 11.5 Å². The van der Waals surface area contributed by atoms with E-state index in [1.165, 1.54) is 11.8 Å². The number of rotatable bonds is 7. The molecule has 34 heavy (non-hydrogen) atoms. The highest BCUT2D eigenvalue weighted by Gasteiger charge is 2.15. The number of anilines is 1. The number of carbonyl (C=O) groups excluding carboxylic acids is 2. The van der Waals surface area contributed by atoms with Gasteiger partial charge in [-0.05, 0) is 71.1 Å². The molecule has 0 aromatic heterocycles. The van der Waals surface area contributed by atoms with E-state index in [9.17, 15) is 9.59 Å². The molecule has 0 unspecified atom stereocenters. The molecule has 3 rings (SSSR count). The second-order valence-corrected chi connectivity index (χ2v) is 8.58. The summed E-state index contributed by atoms with van der Waals surface area (Å²) in [5.41, 5.74) is 7.45. The van der Waals surface area contributed by atoms with E-state index in [0.717, 1.165) is 16.7 Å². The van der Waals surface area contributed by atoms with Crippen LogP contribution in [-0.2, 0) is 16.2 Å². The van der Waals surface area contributed by atoms with Crippen molar-refractivity contribution in [2.45, 2.75) is 27.4 Å². The van der Waals surface area contributed by atoms with Gasteiger partial charge in [-0.2, -0.15) is 5.10 Å². The quantitative estimate of drug-likeness (QED) is 0.257. The molecule has 0 atom stereocenters. The van der Waals surface area contributed by atoms with Crippen molar-refractivity contribution in [3.05, 3.63) is 86.9 Å². The molecule has 176 valence electrons. The molecule has 0 radical (unpaired) electrons. The minimum Gasteiger partial charge on any atom is -0.493 e. The van der Waals surface area contributed by atoms with E-state index in [-0.39, 0.29) is 0 Å². The first-order valence-electron chi connectivity index (χ1n) is 10.5. The number of ether oxygens (including phenoxy) is 2. The van der Waals surface area contributed by atoms with Gasteiger partial charge in [0.25, 0.3) is 0 Å². The number of carbonyl (C=O) groups is 2. The maximum atomic E-state index is 12.2. The first-order valence-corrected chi connectivity index (χ1v) is 11.3. The van der Waals surface area contributed by atoms with Crippen molar-refractivity contribution < 1.29 is 19.1 Å². The van der Waals surface area contributed by atoms with Crippen molar-refractivity contribution in [1.82, 2.24) is 5.43 Å². The standard InChI is InChI=1S/C26H26BrN3O4/c1-16-8-10-19(11-9-16)15-34-24-21(27)12-20(13-22(24)33-4)14-28-30-26(32)25(31)29-23-17(2)6-5-7-18(23)3/h5-14H,15H2,1-4H3,(H,29,31)(H,30,32). The predicted molar refractivity (Wildman–Crippen MR) is 136 cm³/mol. The highest BCUT2D eigenvalue weighted by atomic mass is 79.9. The van der Waals surface area contributed by atoms with E-state index in [0.29, 0.717) is 33.8 Å². The molecule has 7 nitrogen and oxygen atoms in total. The molecule has 0 saturated heterocycles. The molecule has 0 aliphatic heterocycles. The van der Waals surface area contributed by atoms with Crippen LogP contribution >= 0.6 is 15.9 Å². The highest BCUT2D eigenvalue weighted by molar-refractivity contribution is 9.10. The Morgan fingerprint density at radius 1 is 1.00 bits per heavy atom. The smallest absolute Gasteiger partial charge is 0.329 e. The summed E-state index contributed by atoms with van der Waals surface area (Å²) in [4.78, 5) is 24.4. The molecule has 0 aliphatic rings. The molecule has 8 heteroatoms. The van der Waals surface area contributed by atoms with Gasteiger partial charge in [-0.25, -0.2) is 5.43 Å². The van der Waals surface area contributed by atoms with E-state index in [4.69, 9.17) is 9.47 Å². The molecule has 3 aromatic rings. The van der Waals surface area contributed by atoms with Crippen LogP contribution in [0.2, 0.25) is 0 Å². The van der Waals surface area contributed by atoms with E-state index in [1.54, 1.807) is 19.2 Å². The first-order chi connectivity index (χ1) is 16.3. The lowest BCUT2D eigenvalue weighted by Gasteiger charge is -2.13. The highest BCUT2D eigenvalue weighted by Crippen LogP contribution is 2.36. The minimum atomic E-state index is -0.872. The Labute approximate surface area is 207 Å². The van der Waals surface area contributed by atoms with Gasteiger partial charge >= 0.3 is 11.8 Å². The zero-order chi connectivity index (χ0) is 24.7. The molecule has 0 heterocycles. The normalized spacial score (nSPS) is 10.7. The van der Waals surface area contributed by atoms with Gasteiger partial charge in [0.1, 0.15) is 6.61 Å². The van der Waals surface area contributed by atoms with Crippen LogP contribution < -0.4 is 20.2 Å². The van der Waals surface area contributed by atoms with Crippen molar-refractivity contribution in [2.75, 3.05) is 12.4 Å². The summed E-state index contributed by atoms with van der Waals surface area (Å²) < 4.78 is 12.1. The molecule has 3 aromatic carbocycles. The zero-order valence-electron chi connectivity index (χ0n) is 19.4. The van der Waals surface area contributed by atoms with Crippen LogP contribution in [0.4, 0.5) is 5.69 Å². The van der Waals surface area contributed by atoms with Crippen molar-refractivity contribution in [3.8, 4) is 11.5 Å². The molecule has 0 spiro atoms. The fourth-order valence-electron chi connectivity index (χ4n) is 3.19. The Balaban J connectivity index is 1.63. The van der Waals surface area contributed by atoms with Crippen molar-refractivity contribution in [2.24, 2.45) is 5.10 Å². The number of nitrogens with zero attached hydrogens (tertiary/aromatic N) is 1. The number of para-hydroxylation sites is 1.